The highest BCUT2D eigenvalue weighted by Gasteiger charge is 2.31. The second kappa shape index (κ2) is 8.35. The van der Waals surface area contributed by atoms with Gasteiger partial charge in [0, 0.05) is 5.56 Å². The summed E-state index contributed by atoms with van der Waals surface area (Å²) in [6.07, 6.45) is 2.11. The molecule has 0 bridgehead atoms. The van der Waals surface area contributed by atoms with Crippen LogP contribution in [0.1, 0.15) is 32.8 Å². The molecule has 0 radical (unpaired) electrons. The van der Waals surface area contributed by atoms with Crippen molar-refractivity contribution in [3.63, 3.8) is 0 Å². The van der Waals surface area contributed by atoms with Gasteiger partial charge in [0.2, 0.25) is 0 Å². The van der Waals surface area contributed by atoms with E-state index in [0.717, 1.165) is 5.57 Å². The van der Waals surface area contributed by atoms with Crippen LogP contribution in [-0.2, 0) is 9.53 Å². The average Bonchev–Trinajstić information content (AvgIpc) is 2.52. The molecule has 0 amide bonds. The minimum atomic E-state index is -1.01. The van der Waals surface area contributed by atoms with E-state index in [-0.39, 0.29) is 19.0 Å². The number of carbonyl (C=O) groups is 1. The molecule has 0 spiro atoms. The molecule has 3 nitrogen and oxygen atoms in total. The Morgan fingerprint density at radius 1 is 1.41 bits per heavy atom. The summed E-state index contributed by atoms with van der Waals surface area (Å²) in [6.45, 7) is 5.42. The lowest BCUT2D eigenvalue weighted by Crippen LogP contribution is -2.28. The van der Waals surface area contributed by atoms with Gasteiger partial charge in [-0.15, -0.1) is 0 Å². The fraction of sp³-hybridized carbons (Fsp3) is 0.389. The molecule has 1 unspecified atom stereocenters. The molecule has 0 heterocycles. The van der Waals surface area contributed by atoms with Crippen molar-refractivity contribution in [2.24, 2.45) is 5.41 Å². The number of hydrogen-bond acceptors (Lipinski definition) is 3. The quantitative estimate of drug-likeness (QED) is 0.516. The maximum Gasteiger partial charge on any atom is 0.324 e. The first kappa shape index (κ1) is 17.9. The Labute approximate surface area is 130 Å². The number of esters is 1. The molecule has 0 fully saturated rings. The summed E-state index contributed by atoms with van der Waals surface area (Å²) in [5.74, 6) is 5.06. The number of aliphatic hydroxyl groups is 1. The van der Waals surface area contributed by atoms with Crippen molar-refractivity contribution in [2.45, 2.75) is 27.2 Å². The number of ether oxygens (including phenoxy) is 1. The predicted octanol–water partition coefficient (Wildman–Crippen LogP) is 3.08. The fourth-order valence-corrected chi connectivity index (χ4v) is 1.66. The average molecular weight is 304 g/mol. The molecule has 0 saturated carbocycles. The van der Waals surface area contributed by atoms with Crippen LogP contribution in [0.2, 0.25) is 0 Å². The number of hydrogen-bond donors (Lipinski definition) is 1. The Kier molecular flexibility index (Phi) is 6.81. The van der Waals surface area contributed by atoms with E-state index in [1.165, 1.54) is 12.1 Å². The van der Waals surface area contributed by atoms with E-state index in [1.54, 1.807) is 39.0 Å². The second-order valence-corrected chi connectivity index (χ2v) is 5.22. The van der Waals surface area contributed by atoms with Crippen LogP contribution in [0.4, 0.5) is 4.39 Å². The first-order chi connectivity index (χ1) is 10.4. The largest absolute Gasteiger partial charge is 0.465 e. The Hall–Kier alpha value is -2.12. The number of aliphatic hydroxyl groups excluding tert-OH is 1. The third-order valence-corrected chi connectivity index (χ3v) is 3.16. The normalized spacial score (nSPS) is 13.8. The molecule has 1 aromatic carbocycles. The summed E-state index contributed by atoms with van der Waals surface area (Å²) in [5.41, 5.74) is 0.375. The van der Waals surface area contributed by atoms with E-state index in [9.17, 15) is 9.18 Å². The van der Waals surface area contributed by atoms with E-state index in [1.807, 2.05) is 0 Å². The molecule has 0 aliphatic rings. The zero-order chi connectivity index (χ0) is 16.6. The predicted molar refractivity (Wildman–Crippen MR) is 83.5 cm³/mol. The van der Waals surface area contributed by atoms with Crippen LogP contribution in [0.15, 0.2) is 35.9 Å². The zero-order valence-electron chi connectivity index (χ0n) is 13.1. The van der Waals surface area contributed by atoms with Gasteiger partial charge in [0.05, 0.1) is 13.2 Å². The lowest BCUT2D eigenvalue weighted by atomic mass is 9.86. The standard InChI is InChI=1S/C18H21FO3/c1-4-22-17(21)18(3,11-9-14(2)13-20)12-10-15-5-7-16(19)8-6-15/h5-9,20H,4,11,13H2,1-3H3/b14-9+. The van der Waals surface area contributed by atoms with Gasteiger partial charge >= 0.3 is 5.97 Å². The highest BCUT2D eigenvalue weighted by Crippen LogP contribution is 2.24. The van der Waals surface area contributed by atoms with Gasteiger partial charge in [0.25, 0.3) is 0 Å². The Balaban J connectivity index is 3.05. The van der Waals surface area contributed by atoms with Crippen molar-refractivity contribution >= 4 is 5.97 Å². The number of rotatable bonds is 5. The van der Waals surface area contributed by atoms with Crippen LogP contribution in [-0.4, -0.2) is 24.3 Å². The fourth-order valence-electron chi connectivity index (χ4n) is 1.66. The van der Waals surface area contributed by atoms with Gasteiger partial charge in [-0.25, -0.2) is 4.39 Å². The van der Waals surface area contributed by atoms with Gasteiger partial charge in [-0.05, 0) is 51.5 Å². The maximum absolute atomic E-state index is 12.9. The van der Waals surface area contributed by atoms with Gasteiger partial charge in [0.1, 0.15) is 11.2 Å². The molecule has 1 atom stereocenters. The van der Waals surface area contributed by atoms with Gasteiger partial charge in [-0.1, -0.05) is 23.5 Å². The SMILES string of the molecule is CCOC(=O)C(C)(C#Cc1ccc(F)cc1)C/C=C(\C)CO. The van der Waals surface area contributed by atoms with Crippen molar-refractivity contribution in [2.75, 3.05) is 13.2 Å². The Morgan fingerprint density at radius 3 is 2.59 bits per heavy atom. The van der Waals surface area contributed by atoms with Crippen molar-refractivity contribution in [1.82, 2.24) is 0 Å². The van der Waals surface area contributed by atoms with E-state index < -0.39 is 11.4 Å². The summed E-state index contributed by atoms with van der Waals surface area (Å²) in [5, 5.41) is 9.05. The molecule has 0 aliphatic carbocycles. The van der Waals surface area contributed by atoms with E-state index in [4.69, 9.17) is 9.84 Å². The van der Waals surface area contributed by atoms with Crippen LogP contribution in [0.5, 0.6) is 0 Å². The molecule has 1 aromatic rings. The van der Waals surface area contributed by atoms with Crippen LogP contribution in [0, 0.1) is 23.1 Å². The molecular formula is C18H21FO3. The highest BCUT2D eigenvalue weighted by molar-refractivity contribution is 5.80. The van der Waals surface area contributed by atoms with Gasteiger partial charge < -0.3 is 9.84 Å². The molecule has 22 heavy (non-hydrogen) atoms. The molecule has 0 aliphatic heterocycles. The molecule has 1 N–H and O–H groups in total. The van der Waals surface area contributed by atoms with Crippen LogP contribution >= 0.6 is 0 Å². The van der Waals surface area contributed by atoms with Crippen LogP contribution in [0.3, 0.4) is 0 Å². The van der Waals surface area contributed by atoms with Crippen molar-refractivity contribution in [3.05, 3.63) is 47.3 Å². The monoisotopic (exact) mass is 304 g/mol. The summed E-state index contributed by atoms with van der Waals surface area (Å²) in [4.78, 5) is 12.2. The van der Waals surface area contributed by atoms with E-state index in [2.05, 4.69) is 11.8 Å². The number of allylic oxidation sites excluding steroid dienone is 1. The van der Waals surface area contributed by atoms with Gasteiger partial charge in [-0.3, -0.25) is 4.79 Å². The molecular weight excluding hydrogens is 283 g/mol. The first-order valence-corrected chi connectivity index (χ1v) is 7.13. The Morgan fingerprint density at radius 2 is 2.05 bits per heavy atom. The summed E-state index contributed by atoms with van der Waals surface area (Å²) in [6, 6.07) is 5.76. The number of carbonyl (C=O) groups excluding carboxylic acids is 1. The number of benzene rings is 1. The molecule has 4 heteroatoms. The zero-order valence-corrected chi connectivity index (χ0v) is 13.1. The first-order valence-electron chi connectivity index (χ1n) is 7.13. The van der Waals surface area contributed by atoms with Crippen molar-refractivity contribution in [3.8, 4) is 11.8 Å². The van der Waals surface area contributed by atoms with Crippen molar-refractivity contribution < 1.29 is 19.0 Å². The third kappa shape index (κ3) is 5.34. The van der Waals surface area contributed by atoms with E-state index >= 15 is 0 Å². The van der Waals surface area contributed by atoms with Crippen LogP contribution in [0.25, 0.3) is 0 Å². The minimum Gasteiger partial charge on any atom is -0.465 e. The second-order valence-electron chi connectivity index (χ2n) is 5.22. The lowest BCUT2D eigenvalue weighted by Gasteiger charge is -2.20. The third-order valence-electron chi connectivity index (χ3n) is 3.16. The molecule has 0 aromatic heterocycles. The number of halogens is 1. The lowest BCUT2D eigenvalue weighted by molar-refractivity contribution is -0.150. The molecule has 118 valence electrons. The topological polar surface area (TPSA) is 46.5 Å². The van der Waals surface area contributed by atoms with Gasteiger partial charge in [0.15, 0.2) is 0 Å². The smallest absolute Gasteiger partial charge is 0.324 e. The summed E-state index contributed by atoms with van der Waals surface area (Å²) in [7, 11) is 0. The van der Waals surface area contributed by atoms with Crippen LogP contribution < -0.4 is 0 Å². The van der Waals surface area contributed by atoms with Crippen molar-refractivity contribution in [1.29, 1.82) is 0 Å². The maximum atomic E-state index is 12.9. The summed E-state index contributed by atoms with van der Waals surface area (Å²) < 4.78 is 18.0. The highest BCUT2D eigenvalue weighted by atomic mass is 19.1. The Bertz CT molecular complexity index is 593. The summed E-state index contributed by atoms with van der Waals surface area (Å²) >= 11 is 0. The molecule has 0 saturated heterocycles. The van der Waals surface area contributed by atoms with Gasteiger partial charge in [-0.2, -0.15) is 0 Å². The minimum absolute atomic E-state index is 0.0652. The van der Waals surface area contributed by atoms with E-state index in [0.29, 0.717) is 12.0 Å². The molecule has 1 rings (SSSR count).